The van der Waals surface area contributed by atoms with Crippen LogP contribution in [0, 0.1) is 13.8 Å². The van der Waals surface area contributed by atoms with Gasteiger partial charge in [0.25, 0.3) is 0 Å². The molecule has 0 heterocycles. The number of ether oxygens (including phenoxy) is 1. The number of Topliss-reactive ketones (excluding diaryl/α,β-unsaturated/α-hetero) is 1. The molecule has 1 rings (SSSR count). The number of ketones is 1. The van der Waals surface area contributed by atoms with Crippen molar-refractivity contribution in [2.24, 2.45) is 0 Å². The van der Waals surface area contributed by atoms with Gasteiger partial charge in [-0.2, -0.15) is 0 Å². The van der Waals surface area contributed by atoms with Gasteiger partial charge in [-0.05, 0) is 37.1 Å². The molecular weight excluding hydrogens is 238 g/mol. The van der Waals surface area contributed by atoms with E-state index in [2.05, 4.69) is 37.8 Å². The van der Waals surface area contributed by atoms with E-state index in [1.54, 1.807) is 7.11 Å². The molecule has 0 saturated carbocycles. The summed E-state index contributed by atoms with van der Waals surface area (Å²) < 4.78 is 5.06. The van der Waals surface area contributed by atoms with Crippen LogP contribution in [0.4, 0.5) is 0 Å². The second-order valence-corrected chi connectivity index (χ2v) is 4.95. The number of likely N-dealkylation sites (N-methyl/N-ethyl adjacent to an activating group) is 1. The van der Waals surface area contributed by atoms with Gasteiger partial charge in [0.2, 0.25) is 0 Å². The van der Waals surface area contributed by atoms with E-state index in [0.717, 1.165) is 13.1 Å². The van der Waals surface area contributed by atoms with Crippen molar-refractivity contribution in [1.82, 2.24) is 4.90 Å². The average Bonchev–Trinajstić information content (AvgIpc) is 2.39. The minimum absolute atomic E-state index is 0.273. The van der Waals surface area contributed by atoms with Crippen LogP contribution in [0.5, 0.6) is 0 Å². The molecule has 0 atom stereocenters. The van der Waals surface area contributed by atoms with Crippen LogP contribution in [0.1, 0.15) is 23.6 Å². The topological polar surface area (TPSA) is 29.5 Å². The Bertz CT molecular complexity index is 395. The van der Waals surface area contributed by atoms with Crippen molar-refractivity contribution in [3.8, 4) is 0 Å². The van der Waals surface area contributed by atoms with E-state index in [1.165, 1.54) is 16.7 Å². The van der Waals surface area contributed by atoms with Gasteiger partial charge < -0.3 is 4.74 Å². The van der Waals surface area contributed by atoms with E-state index in [1.807, 2.05) is 6.07 Å². The van der Waals surface area contributed by atoms with Gasteiger partial charge in [-0.3, -0.25) is 9.69 Å². The van der Waals surface area contributed by atoms with E-state index in [9.17, 15) is 4.79 Å². The van der Waals surface area contributed by atoms with E-state index in [0.29, 0.717) is 19.6 Å². The van der Waals surface area contributed by atoms with Crippen LogP contribution < -0.4 is 0 Å². The first-order valence-corrected chi connectivity index (χ1v) is 6.86. The zero-order chi connectivity index (χ0) is 14.3. The SMILES string of the molecule is CCN(CCOC)CC(=O)Cc1c(C)cccc1C. The maximum atomic E-state index is 12.2. The molecule has 0 bridgehead atoms. The number of nitrogens with zero attached hydrogens (tertiary/aromatic N) is 1. The van der Waals surface area contributed by atoms with Crippen molar-refractivity contribution in [1.29, 1.82) is 0 Å². The first-order chi connectivity index (χ1) is 9.08. The number of carbonyl (C=O) groups is 1. The second kappa shape index (κ2) is 8.08. The Morgan fingerprint density at radius 3 is 2.42 bits per heavy atom. The highest BCUT2D eigenvalue weighted by Crippen LogP contribution is 2.14. The monoisotopic (exact) mass is 263 g/mol. The fraction of sp³-hybridized carbons (Fsp3) is 0.562. The van der Waals surface area contributed by atoms with Crippen molar-refractivity contribution >= 4 is 5.78 Å². The Kier molecular flexibility index (Phi) is 6.74. The summed E-state index contributed by atoms with van der Waals surface area (Å²) >= 11 is 0. The fourth-order valence-corrected chi connectivity index (χ4v) is 2.20. The molecule has 0 aromatic heterocycles. The van der Waals surface area contributed by atoms with E-state index in [4.69, 9.17) is 4.74 Å². The van der Waals surface area contributed by atoms with Crippen molar-refractivity contribution in [3.05, 3.63) is 34.9 Å². The van der Waals surface area contributed by atoms with Gasteiger partial charge in [-0.15, -0.1) is 0 Å². The predicted molar refractivity (Wildman–Crippen MR) is 78.6 cm³/mol. The van der Waals surface area contributed by atoms with Gasteiger partial charge in [0, 0.05) is 20.1 Å². The van der Waals surface area contributed by atoms with Crippen LogP contribution in [0.15, 0.2) is 18.2 Å². The first kappa shape index (κ1) is 15.9. The highest BCUT2D eigenvalue weighted by Gasteiger charge is 2.12. The molecule has 106 valence electrons. The molecule has 0 spiro atoms. The summed E-state index contributed by atoms with van der Waals surface area (Å²) in [6.45, 7) is 9.07. The number of methoxy groups -OCH3 is 1. The third-order valence-corrected chi connectivity index (χ3v) is 3.48. The molecule has 0 aliphatic rings. The molecule has 0 radical (unpaired) electrons. The molecular formula is C16H25NO2. The fourth-order valence-electron chi connectivity index (χ4n) is 2.20. The van der Waals surface area contributed by atoms with Gasteiger partial charge in [0.05, 0.1) is 13.2 Å². The summed E-state index contributed by atoms with van der Waals surface area (Å²) in [5.74, 6) is 0.273. The van der Waals surface area contributed by atoms with Gasteiger partial charge in [-0.1, -0.05) is 25.1 Å². The normalized spacial score (nSPS) is 11.0. The van der Waals surface area contributed by atoms with Gasteiger partial charge in [0.1, 0.15) is 0 Å². The summed E-state index contributed by atoms with van der Waals surface area (Å²) in [6.07, 6.45) is 0.530. The number of hydrogen-bond acceptors (Lipinski definition) is 3. The second-order valence-electron chi connectivity index (χ2n) is 4.95. The molecule has 0 N–H and O–H groups in total. The molecule has 19 heavy (non-hydrogen) atoms. The number of hydrogen-bond donors (Lipinski definition) is 0. The molecule has 0 aliphatic carbocycles. The molecule has 0 unspecified atom stereocenters. The molecule has 0 aliphatic heterocycles. The number of benzene rings is 1. The Morgan fingerprint density at radius 2 is 1.89 bits per heavy atom. The molecule has 3 heteroatoms. The van der Waals surface area contributed by atoms with Gasteiger partial charge in [-0.25, -0.2) is 0 Å². The number of carbonyl (C=O) groups excluding carboxylic acids is 1. The third kappa shape index (κ3) is 5.13. The van der Waals surface area contributed by atoms with Crippen LogP contribution in [0.3, 0.4) is 0 Å². The maximum Gasteiger partial charge on any atom is 0.151 e. The van der Waals surface area contributed by atoms with Crippen molar-refractivity contribution in [2.45, 2.75) is 27.2 Å². The Labute approximate surface area is 116 Å². The largest absolute Gasteiger partial charge is 0.383 e. The summed E-state index contributed by atoms with van der Waals surface area (Å²) in [5, 5.41) is 0. The molecule has 1 aromatic rings. The van der Waals surface area contributed by atoms with Crippen LogP contribution >= 0.6 is 0 Å². The molecule has 0 amide bonds. The summed E-state index contributed by atoms with van der Waals surface area (Å²) in [4.78, 5) is 14.3. The summed E-state index contributed by atoms with van der Waals surface area (Å²) in [5.41, 5.74) is 3.58. The van der Waals surface area contributed by atoms with Crippen molar-refractivity contribution < 1.29 is 9.53 Å². The Hall–Kier alpha value is -1.19. The van der Waals surface area contributed by atoms with Crippen molar-refractivity contribution in [2.75, 3.05) is 33.4 Å². The minimum Gasteiger partial charge on any atom is -0.383 e. The molecule has 3 nitrogen and oxygen atoms in total. The van der Waals surface area contributed by atoms with E-state index >= 15 is 0 Å². The lowest BCUT2D eigenvalue weighted by molar-refractivity contribution is -0.119. The lowest BCUT2D eigenvalue weighted by Gasteiger charge is -2.19. The maximum absolute atomic E-state index is 12.2. The standard InChI is InChI=1S/C16H25NO2/c1-5-17(9-10-19-4)12-15(18)11-16-13(2)7-6-8-14(16)3/h6-8H,5,9-12H2,1-4H3. The summed E-state index contributed by atoms with van der Waals surface area (Å²) in [7, 11) is 1.69. The zero-order valence-corrected chi connectivity index (χ0v) is 12.5. The number of rotatable bonds is 8. The minimum atomic E-state index is 0.273. The van der Waals surface area contributed by atoms with Crippen LogP contribution in [-0.4, -0.2) is 44.0 Å². The van der Waals surface area contributed by atoms with E-state index < -0.39 is 0 Å². The molecule has 1 aromatic carbocycles. The third-order valence-electron chi connectivity index (χ3n) is 3.48. The highest BCUT2D eigenvalue weighted by atomic mass is 16.5. The first-order valence-electron chi connectivity index (χ1n) is 6.86. The quantitative estimate of drug-likeness (QED) is 0.721. The number of aryl methyl sites for hydroxylation is 2. The molecule has 0 saturated heterocycles. The Balaban J connectivity index is 2.59. The predicted octanol–water partition coefficient (Wildman–Crippen LogP) is 2.38. The zero-order valence-electron chi connectivity index (χ0n) is 12.5. The van der Waals surface area contributed by atoms with E-state index in [-0.39, 0.29) is 5.78 Å². The lowest BCUT2D eigenvalue weighted by atomic mass is 9.98. The average molecular weight is 263 g/mol. The van der Waals surface area contributed by atoms with Crippen LogP contribution in [-0.2, 0) is 16.0 Å². The highest BCUT2D eigenvalue weighted by molar-refractivity contribution is 5.83. The van der Waals surface area contributed by atoms with Crippen molar-refractivity contribution in [3.63, 3.8) is 0 Å². The lowest BCUT2D eigenvalue weighted by Crippen LogP contribution is -2.33. The van der Waals surface area contributed by atoms with Gasteiger partial charge >= 0.3 is 0 Å². The smallest absolute Gasteiger partial charge is 0.151 e. The molecule has 0 fully saturated rings. The summed E-state index contributed by atoms with van der Waals surface area (Å²) in [6, 6.07) is 6.17. The van der Waals surface area contributed by atoms with Crippen LogP contribution in [0.25, 0.3) is 0 Å². The van der Waals surface area contributed by atoms with Gasteiger partial charge in [0.15, 0.2) is 5.78 Å². The Morgan fingerprint density at radius 1 is 1.26 bits per heavy atom. The van der Waals surface area contributed by atoms with Crippen LogP contribution in [0.2, 0.25) is 0 Å².